The third kappa shape index (κ3) is 5.78. The van der Waals surface area contributed by atoms with Crippen LogP contribution in [0.15, 0.2) is 24.3 Å². The maximum absolute atomic E-state index is 11.7. The van der Waals surface area contributed by atoms with E-state index in [2.05, 4.69) is 5.32 Å². The molecule has 104 valence electrons. The molecule has 0 radical (unpaired) electrons. The average molecular weight is 281 g/mol. The normalized spacial score (nSPS) is 12.2. The summed E-state index contributed by atoms with van der Waals surface area (Å²) in [5.74, 6) is -0.133. The highest BCUT2D eigenvalue weighted by atomic mass is 32.1. The molecule has 0 aromatic heterocycles. The molecule has 1 aromatic rings. The quantitative estimate of drug-likeness (QED) is 0.665. The van der Waals surface area contributed by atoms with E-state index in [-0.39, 0.29) is 12.5 Å². The first-order valence-corrected chi connectivity index (χ1v) is 6.35. The molecule has 0 fully saturated rings. The second-order valence-electron chi connectivity index (χ2n) is 4.54. The van der Waals surface area contributed by atoms with Gasteiger partial charge in [-0.25, -0.2) is 0 Å². The second-order valence-corrected chi connectivity index (χ2v) is 4.98. The topological polar surface area (TPSA) is 78.6 Å². The third-order valence-corrected chi connectivity index (χ3v) is 2.68. The van der Waals surface area contributed by atoms with Gasteiger partial charge in [-0.1, -0.05) is 12.2 Å². The Labute approximate surface area is 118 Å². The number of hydrogen-bond donors (Lipinski definition) is 3. The molecule has 1 unspecified atom stereocenters. The highest BCUT2D eigenvalue weighted by Gasteiger charge is 2.09. The molecule has 0 aliphatic carbocycles. The molecule has 0 spiro atoms. The number of benzene rings is 1. The summed E-state index contributed by atoms with van der Waals surface area (Å²) in [6.45, 7) is 2.36. The van der Waals surface area contributed by atoms with Crippen LogP contribution >= 0.6 is 12.2 Å². The summed E-state index contributed by atoms with van der Waals surface area (Å²) in [4.78, 5) is 13.8. The summed E-state index contributed by atoms with van der Waals surface area (Å²) in [5, 5.41) is 12.0. The van der Waals surface area contributed by atoms with Gasteiger partial charge >= 0.3 is 0 Å². The number of amides is 1. The number of nitrogens with zero attached hydrogens (tertiary/aromatic N) is 1. The van der Waals surface area contributed by atoms with Crippen LogP contribution in [0.2, 0.25) is 0 Å². The minimum absolute atomic E-state index is 0.133. The van der Waals surface area contributed by atoms with E-state index in [0.717, 1.165) is 5.56 Å². The Hall–Kier alpha value is -1.50. The van der Waals surface area contributed by atoms with Crippen molar-refractivity contribution in [2.45, 2.75) is 13.0 Å². The lowest BCUT2D eigenvalue weighted by Gasteiger charge is -2.17. The van der Waals surface area contributed by atoms with Gasteiger partial charge in [0, 0.05) is 17.8 Å². The van der Waals surface area contributed by atoms with E-state index in [4.69, 9.17) is 18.0 Å². The van der Waals surface area contributed by atoms with Gasteiger partial charge < -0.3 is 16.2 Å². The van der Waals surface area contributed by atoms with Gasteiger partial charge in [-0.3, -0.25) is 9.69 Å². The summed E-state index contributed by atoms with van der Waals surface area (Å²) in [7, 11) is 1.78. The largest absolute Gasteiger partial charge is 0.392 e. The summed E-state index contributed by atoms with van der Waals surface area (Å²) in [5.41, 5.74) is 6.94. The molecule has 1 rings (SSSR count). The standard InChI is InChI=1S/C13H19N3O2S/c1-9(17)7-16(2)8-12(18)15-11-5-3-10(4-6-11)13(14)19/h3-6,9,17H,7-8H2,1-2H3,(H2,14,19)(H,15,18). The molecule has 19 heavy (non-hydrogen) atoms. The lowest BCUT2D eigenvalue weighted by Crippen LogP contribution is -2.34. The maximum Gasteiger partial charge on any atom is 0.238 e. The Balaban J connectivity index is 2.50. The molecule has 1 aromatic carbocycles. The number of nitrogens with one attached hydrogen (secondary N) is 1. The first-order chi connectivity index (χ1) is 8.88. The van der Waals surface area contributed by atoms with E-state index in [1.165, 1.54) is 0 Å². The Morgan fingerprint density at radius 1 is 1.47 bits per heavy atom. The van der Waals surface area contributed by atoms with Crippen molar-refractivity contribution in [3.05, 3.63) is 29.8 Å². The molecule has 0 saturated carbocycles. The number of nitrogens with two attached hydrogens (primary N) is 1. The zero-order valence-corrected chi connectivity index (χ0v) is 11.9. The van der Waals surface area contributed by atoms with E-state index in [0.29, 0.717) is 17.2 Å². The van der Waals surface area contributed by atoms with Crippen LogP contribution in [0.25, 0.3) is 0 Å². The minimum Gasteiger partial charge on any atom is -0.392 e. The van der Waals surface area contributed by atoms with Crippen molar-refractivity contribution in [2.24, 2.45) is 5.73 Å². The van der Waals surface area contributed by atoms with Gasteiger partial charge in [0.15, 0.2) is 0 Å². The van der Waals surface area contributed by atoms with Crippen molar-refractivity contribution in [1.82, 2.24) is 4.90 Å². The fourth-order valence-corrected chi connectivity index (χ4v) is 1.82. The number of rotatable bonds is 6. The highest BCUT2D eigenvalue weighted by Crippen LogP contribution is 2.09. The van der Waals surface area contributed by atoms with Crippen LogP contribution in [0.5, 0.6) is 0 Å². The molecule has 0 saturated heterocycles. The van der Waals surface area contributed by atoms with Gasteiger partial charge in [-0.2, -0.15) is 0 Å². The fraction of sp³-hybridized carbons (Fsp3) is 0.385. The lowest BCUT2D eigenvalue weighted by atomic mass is 10.2. The Bertz CT molecular complexity index is 446. The molecular weight excluding hydrogens is 262 g/mol. The van der Waals surface area contributed by atoms with E-state index in [1.54, 1.807) is 43.1 Å². The molecule has 5 nitrogen and oxygen atoms in total. The summed E-state index contributed by atoms with van der Waals surface area (Å²) >= 11 is 4.85. The zero-order chi connectivity index (χ0) is 14.4. The Kier molecular flexibility index (Phi) is 5.88. The number of thiocarbonyl (C=S) groups is 1. The number of aliphatic hydroxyl groups is 1. The van der Waals surface area contributed by atoms with E-state index >= 15 is 0 Å². The molecule has 6 heteroatoms. The predicted octanol–water partition coefficient (Wildman–Crippen LogP) is 0.572. The molecule has 4 N–H and O–H groups in total. The van der Waals surface area contributed by atoms with Crippen LogP contribution in [0.3, 0.4) is 0 Å². The van der Waals surface area contributed by atoms with Crippen molar-refractivity contribution in [3.8, 4) is 0 Å². The Morgan fingerprint density at radius 2 is 2.05 bits per heavy atom. The smallest absolute Gasteiger partial charge is 0.238 e. The van der Waals surface area contributed by atoms with Gasteiger partial charge in [0.25, 0.3) is 0 Å². The second kappa shape index (κ2) is 7.18. The monoisotopic (exact) mass is 281 g/mol. The molecular formula is C13H19N3O2S. The molecule has 0 aliphatic rings. The van der Waals surface area contributed by atoms with Crippen molar-refractivity contribution in [1.29, 1.82) is 0 Å². The molecule has 0 bridgehead atoms. The number of carbonyl (C=O) groups is 1. The van der Waals surface area contributed by atoms with E-state index in [9.17, 15) is 9.90 Å². The number of hydrogen-bond acceptors (Lipinski definition) is 4. The van der Waals surface area contributed by atoms with E-state index < -0.39 is 6.10 Å². The minimum atomic E-state index is -0.456. The van der Waals surface area contributed by atoms with Crippen LogP contribution in [-0.4, -0.2) is 47.1 Å². The van der Waals surface area contributed by atoms with Crippen LogP contribution in [0.1, 0.15) is 12.5 Å². The van der Waals surface area contributed by atoms with Crippen molar-refractivity contribution in [2.75, 3.05) is 25.5 Å². The fourth-order valence-electron chi connectivity index (χ4n) is 1.68. The van der Waals surface area contributed by atoms with Crippen LogP contribution in [-0.2, 0) is 4.79 Å². The van der Waals surface area contributed by atoms with Crippen LogP contribution < -0.4 is 11.1 Å². The van der Waals surface area contributed by atoms with Crippen molar-refractivity contribution >= 4 is 28.8 Å². The average Bonchev–Trinajstić information content (AvgIpc) is 2.27. The molecule has 0 aliphatic heterocycles. The predicted molar refractivity (Wildman–Crippen MR) is 80.1 cm³/mol. The van der Waals surface area contributed by atoms with Gasteiger partial charge in [0.2, 0.25) is 5.91 Å². The molecule has 1 atom stereocenters. The number of aliphatic hydroxyl groups excluding tert-OH is 1. The first-order valence-electron chi connectivity index (χ1n) is 5.95. The highest BCUT2D eigenvalue weighted by molar-refractivity contribution is 7.80. The van der Waals surface area contributed by atoms with Gasteiger partial charge in [0.1, 0.15) is 4.99 Å². The summed E-state index contributed by atoms with van der Waals surface area (Å²) in [6, 6.07) is 7.02. The SMILES string of the molecule is CC(O)CN(C)CC(=O)Nc1ccc(C(N)=S)cc1. The lowest BCUT2D eigenvalue weighted by molar-refractivity contribution is -0.117. The van der Waals surface area contributed by atoms with Crippen molar-refractivity contribution in [3.63, 3.8) is 0 Å². The summed E-state index contributed by atoms with van der Waals surface area (Å²) in [6.07, 6.45) is -0.456. The Morgan fingerprint density at radius 3 is 2.53 bits per heavy atom. The summed E-state index contributed by atoms with van der Waals surface area (Å²) < 4.78 is 0. The number of carbonyl (C=O) groups excluding carboxylic acids is 1. The van der Waals surface area contributed by atoms with Gasteiger partial charge in [-0.15, -0.1) is 0 Å². The zero-order valence-electron chi connectivity index (χ0n) is 11.1. The maximum atomic E-state index is 11.7. The van der Waals surface area contributed by atoms with Crippen LogP contribution in [0, 0.1) is 0 Å². The third-order valence-electron chi connectivity index (χ3n) is 2.44. The molecule has 1 amide bonds. The number of likely N-dealkylation sites (N-methyl/N-ethyl adjacent to an activating group) is 1. The first kappa shape index (κ1) is 15.6. The van der Waals surface area contributed by atoms with Gasteiger partial charge in [0.05, 0.1) is 12.6 Å². The van der Waals surface area contributed by atoms with E-state index in [1.807, 2.05) is 0 Å². The van der Waals surface area contributed by atoms with Crippen molar-refractivity contribution < 1.29 is 9.90 Å². The molecule has 0 heterocycles. The van der Waals surface area contributed by atoms with Crippen LogP contribution in [0.4, 0.5) is 5.69 Å². The number of anilines is 1. The van der Waals surface area contributed by atoms with Gasteiger partial charge in [-0.05, 0) is 38.2 Å².